The lowest BCUT2D eigenvalue weighted by Crippen LogP contribution is -2.14. The van der Waals surface area contributed by atoms with E-state index in [0.717, 1.165) is 24.2 Å². The van der Waals surface area contributed by atoms with Gasteiger partial charge >= 0.3 is 0 Å². The van der Waals surface area contributed by atoms with Crippen LogP contribution in [-0.4, -0.2) is 11.5 Å². The van der Waals surface area contributed by atoms with Crippen molar-refractivity contribution in [2.45, 2.75) is 39.0 Å². The molecule has 112 valence electrons. The largest absolute Gasteiger partial charge is 0.439 e. The lowest BCUT2D eigenvalue weighted by atomic mass is 9.82. The number of benzene rings is 1. The molecule has 0 atom stereocenters. The first-order valence-electron chi connectivity index (χ1n) is 7.48. The summed E-state index contributed by atoms with van der Waals surface area (Å²) in [4.78, 5) is 4.30. The van der Waals surface area contributed by atoms with Gasteiger partial charge in [0.2, 0.25) is 5.88 Å². The van der Waals surface area contributed by atoms with Gasteiger partial charge in [0.15, 0.2) is 0 Å². The number of nitrogens with two attached hydrogens (primary N) is 1. The summed E-state index contributed by atoms with van der Waals surface area (Å²) < 4.78 is 5.77. The highest BCUT2D eigenvalue weighted by Crippen LogP contribution is 2.29. The molecule has 0 unspecified atom stereocenters. The summed E-state index contributed by atoms with van der Waals surface area (Å²) in [7, 11) is 0. The second-order valence-electron chi connectivity index (χ2n) is 5.91. The van der Waals surface area contributed by atoms with Crippen LogP contribution in [-0.2, 0) is 11.8 Å². The molecule has 2 aromatic rings. The average Bonchev–Trinajstić information content (AvgIpc) is 2.50. The van der Waals surface area contributed by atoms with Crippen LogP contribution in [0.1, 0.15) is 38.3 Å². The third-order valence-corrected chi connectivity index (χ3v) is 3.97. The molecule has 2 rings (SSSR count). The Morgan fingerprint density at radius 2 is 1.81 bits per heavy atom. The topological polar surface area (TPSA) is 48.1 Å². The molecule has 0 aliphatic heterocycles. The third-order valence-electron chi connectivity index (χ3n) is 3.97. The highest BCUT2D eigenvalue weighted by molar-refractivity contribution is 5.34. The number of hydrogen-bond donors (Lipinski definition) is 1. The summed E-state index contributed by atoms with van der Waals surface area (Å²) >= 11 is 0. The van der Waals surface area contributed by atoms with Gasteiger partial charge < -0.3 is 10.5 Å². The van der Waals surface area contributed by atoms with Crippen molar-refractivity contribution >= 4 is 0 Å². The molecule has 1 aromatic carbocycles. The molecule has 0 fully saturated rings. The Morgan fingerprint density at radius 1 is 1.10 bits per heavy atom. The molecule has 0 bridgehead atoms. The van der Waals surface area contributed by atoms with Crippen LogP contribution in [0, 0.1) is 0 Å². The van der Waals surface area contributed by atoms with E-state index in [2.05, 4.69) is 37.9 Å². The Bertz CT molecular complexity index is 559. The van der Waals surface area contributed by atoms with Gasteiger partial charge in [0.05, 0.1) is 0 Å². The van der Waals surface area contributed by atoms with E-state index >= 15 is 0 Å². The lowest BCUT2D eigenvalue weighted by Gasteiger charge is -2.23. The molecule has 0 amide bonds. The van der Waals surface area contributed by atoms with E-state index in [9.17, 15) is 0 Å². The first-order chi connectivity index (χ1) is 10.0. The molecule has 1 heterocycles. The molecule has 0 radical (unpaired) electrons. The van der Waals surface area contributed by atoms with Gasteiger partial charge in [-0.15, -0.1) is 0 Å². The van der Waals surface area contributed by atoms with Gasteiger partial charge in [0.1, 0.15) is 5.75 Å². The van der Waals surface area contributed by atoms with Crippen LogP contribution in [0.4, 0.5) is 0 Å². The predicted octanol–water partition coefficient (Wildman–Crippen LogP) is 4.06. The quantitative estimate of drug-likeness (QED) is 0.870. The smallest absolute Gasteiger partial charge is 0.219 e. The fourth-order valence-corrected chi connectivity index (χ4v) is 2.08. The zero-order chi connectivity index (χ0) is 15.3. The number of pyridine rings is 1. The van der Waals surface area contributed by atoms with Crippen LogP contribution in [0.15, 0.2) is 42.6 Å². The first kappa shape index (κ1) is 15.5. The second kappa shape index (κ2) is 6.72. The molecule has 0 saturated carbocycles. The molecule has 3 heteroatoms. The molecule has 3 nitrogen and oxygen atoms in total. The fourth-order valence-electron chi connectivity index (χ4n) is 2.08. The van der Waals surface area contributed by atoms with Crippen molar-refractivity contribution in [2.24, 2.45) is 5.73 Å². The fraction of sp³-hybridized carbons (Fsp3) is 0.389. The van der Waals surface area contributed by atoms with Crippen molar-refractivity contribution in [2.75, 3.05) is 6.54 Å². The zero-order valence-electron chi connectivity index (χ0n) is 13.1. The summed E-state index contributed by atoms with van der Waals surface area (Å²) in [6.45, 7) is 7.34. The van der Waals surface area contributed by atoms with E-state index in [4.69, 9.17) is 10.5 Å². The monoisotopic (exact) mass is 284 g/mol. The van der Waals surface area contributed by atoms with Gasteiger partial charge in [-0.3, -0.25) is 0 Å². The van der Waals surface area contributed by atoms with E-state index in [0.29, 0.717) is 12.4 Å². The van der Waals surface area contributed by atoms with Crippen LogP contribution >= 0.6 is 0 Å². The van der Waals surface area contributed by atoms with Crippen LogP contribution in [0.5, 0.6) is 11.6 Å². The van der Waals surface area contributed by atoms with Crippen LogP contribution < -0.4 is 10.5 Å². The van der Waals surface area contributed by atoms with Gasteiger partial charge in [-0.05, 0) is 48.1 Å². The van der Waals surface area contributed by atoms with Gasteiger partial charge in [-0.1, -0.05) is 39.0 Å². The molecule has 2 N–H and O–H groups in total. The Hall–Kier alpha value is -1.87. The van der Waals surface area contributed by atoms with E-state index in [-0.39, 0.29) is 5.41 Å². The Kier molecular flexibility index (Phi) is 4.97. The maximum atomic E-state index is 5.77. The molecular weight excluding hydrogens is 260 g/mol. The van der Waals surface area contributed by atoms with E-state index in [1.54, 1.807) is 0 Å². The van der Waals surface area contributed by atoms with Crippen molar-refractivity contribution < 1.29 is 4.74 Å². The molecular formula is C18H24N2O. The van der Waals surface area contributed by atoms with Crippen molar-refractivity contribution in [1.29, 1.82) is 0 Å². The van der Waals surface area contributed by atoms with E-state index in [1.807, 2.05) is 30.5 Å². The highest BCUT2D eigenvalue weighted by atomic mass is 16.5. The number of rotatable bonds is 6. The lowest BCUT2D eigenvalue weighted by molar-refractivity contribution is 0.460. The van der Waals surface area contributed by atoms with Crippen LogP contribution in [0.2, 0.25) is 0 Å². The standard InChI is InChI=1S/C18H24N2O/c1-4-18(2,3)15-6-8-16(9-7-15)21-17-10-5-14(11-12-19)13-20-17/h5-10,13H,4,11-12,19H2,1-3H3. The minimum atomic E-state index is 0.195. The Labute approximate surface area is 127 Å². The van der Waals surface area contributed by atoms with E-state index in [1.165, 1.54) is 5.56 Å². The molecule has 0 aliphatic rings. The first-order valence-corrected chi connectivity index (χ1v) is 7.48. The Balaban J connectivity index is 2.06. The molecule has 0 spiro atoms. The van der Waals surface area contributed by atoms with Gasteiger partial charge in [0, 0.05) is 12.3 Å². The molecule has 0 aliphatic carbocycles. The SMILES string of the molecule is CCC(C)(C)c1ccc(Oc2ccc(CCN)cn2)cc1. The summed E-state index contributed by atoms with van der Waals surface area (Å²) in [6.07, 6.45) is 3.77. The zero-order valence-corrected chi connectivity index (χ0v) is 13.1. The molecule has 1 aromatic heterocycles. The summed E-state index contributed by atoms with van der Waals surface area (Å²) in [5.74, 6) is 1.42. The maximum absolute atomic E-state index is 5.77. The van der Waals surface area contributed by atoms with Gasteiger partial charge in [-0.25, -0.2) is 4.98 Å². The number of aromatic nitrogens is 1. The van der Waals surface area contributed by atoms with Crippen molar-refractivity contribution in [3.63, 3.8) is 0 Å². The van der Waals surface area contributed by atoms with Gasteiger partial charge in [0.25, 0.3) is 0 Å². The Morgan fingerprint density at radius 3 is 2.33 bits per heavy atom. The normalized spacial score (nSPS) is 11.4. The minimum Gasteiger partial charge on any atom is -0.439 e. The van der Waals surface area contributed by atoms with Crippen molar-refractivity contribution in [3.8, 4) is 11.6 Å². The predicted molar refractivity (Wildman–Crippen MR) is 86.8 cm³/mol. The number of nitrogens with zero attached hydrogens (tertiary/aromatic N) is 1. The molecule has 21 heavy (non-hydrogen) atoms. The summed E-state index contributed by atoms with van der Waals surface area (Å²) in [5.41, 5.74) is 8.17. The van der Waals surface area contributed by atoms with Crippen LogP contribution in [0.25, 0.3) is 0 Å². The van der Waals surface area contributed by atoms with Crippen molar-refractivity contribution in [3.05, 3.63) is 53.7 Å². The van der Waals surface area contributed by atoms with Crippen molar-refractivity contribution in [1.82, 2.24) is 4.98 Å². The highest BCUT2D eigenvalue weighted by Gasteiger charge is 2.17. The molecule has 0 saturated heterocycles. The second-order valence-corrected chi connectivity index (χ2v) is 5.91. The van der Waals surface area contributed by atoms with Gasteiger partial charge in [-0.2, -0.15) is 0 Å². The summed E-state index contributed by atoms with van der Waals surface area (Å²) in [6, 6.07) is 12.1. The third kappa shape index (κ3) is 4.05. The van der Waals surface area contributed by atoms with E-state index < -0.39 is 0 Å². The summed E-state index contributed by atoms with van der Waals surface area (Å²) in [5, 5.41) is 0. The number of hydrogen-bond acceptors (Lipinski definition) is 3. The average molecular weight is 284 g/mol. The maximum Gasteiger partial charge on any atom is 0.219 e. The number of ether oxygens (including phenoxy) is 1. The minimum absolute atomic E-state index is 0.195. The van der Waals surface area contributed by atoms with Crippen LogP contribution in [0.3, 0.4) is 0 Å².